The van der Waals surface area contributed by atoms with Gasteiger partial charge in [-0.15, -0.1) is 0 Å². The summed E-state index contributed by atoms with van der Waals surface area (Å²) in [6.45, 7) is 7.16. The lowest BCUT2D eigenvalue weighted by Crippen LogP contribution is -2.51. The Morgan fingerprint density at radius 1 is 1.56 bits per heavy atom. The van der Waals surface area contributed by atoms with Crippen molar-refractivity contribution in [3.63, 3.8) is 0 Å². The van der Waals surface area contributed by atoms with Crippen molar-refractivity contribution < 1.29 is 14.6 Å². The number of hydrogen-bond donors (Lipinski definition) is 3. The van der Waals surface area contributed by atoms with E-state index in [1.807, 2.05) is 20.8 Å². The van der Waals surface area contributed by atoms with Crippen molar-refractivity contribution in [2.45, 2.75) is 38.8 Å². The average Bonchev–Trinajstić information content (AvgIpc) is 2.15. The van der Waals surface area contributed by atoms with Gasteiger partial charge in [0.05, 0.1) is 0 Å². The minimum atomic E-state index is -0.480. The number of nitrogens with one attached hydrogen (secondary N) is 2. The van der Waals surface area contributed by atoms with Gasteiger partial charge in [-0.2, -0.15) is 0 Å². The van der Waals surface area contributed by atoms with Crippen LogP contribution in [0.4, 0.5) is 4.79 Å². The van der Waals surface area contributed by atoms with Crippen molar-refractivity contribution in [1.82, 2.24) is 10.6 Å². The number of alkyl carbamates (subject to hydrolysis) is 1. The van der Waals surface area contributed by atoms with Gasteiger partial charge >= 0.3 is 6.09 Å². The molecule has 1 aliphatic rings. The number of carbonyl (C=O) groups is 1. The highest BCUT2D eigenvalue weighted by molar-refractivity contribution is 5.68. The number of carbonyl (C=O) groups excluding carboxylic acids is 1. The molecule has 2 atom stereocenters. The summed E-state index contributed by atoms with van der Waals surface area (Å²) < 4.78 is 5.18. The van der Waals surface area contributed by atoms with Gasteiger partial charge in [0.2, 0.25) is 0 Å². The number of amides is 1. The van der Waals surface area contributed by atoms with E-state index in [2.05, 4.69) is 10.6 Å². The van der Waals surface area contributed by atoms with Crippen LogP contribution >= 0.6 is 0 Å². The van der Waals surface area contributed by atoms with Crippen LogP contribution in [-0.4, -0.2) is 42.5 Å². The fourth-order valence-corrected chi connectivity index (χ4v) is 1.76. The first-order chi connectivity index (χ1) is 7.42. The van der Waals surface area contributed by atoms with E-state index < -0.39 is 11.7 Å². The van der Waals surface area contributed by atoms with Crippen LogP contribution in [0.5, 0.6) is 0 Å². The molecule has 1 saturated heterocycles. The van der Waals surface area contributed by atoms with Crippen LogP contribution in [0.1, 0.15) is 27.2 Å². The summed E-state index contributed by atoms with van der Waals surface area (Å²) >= 11 is 0. The molecule has 0 aliphatic carbocycles. The van der Waals surface area contributed by atoms with Crippen LogP contribution in [0.3, 0.4) is 0 Å². The van der Waals surface area contributed by atoms with E-state index in [4.69, 9.17) is 4.74 Å². The maximum atomic E-state index is 11.6. The average molecular weight is 230 g/mol. The molecule has 94 valence electrons. The Kier molecular flexibility index (Phi) is 4.56. The normalized spacial score (nSPS) is 26.2. The molecule has 0 aromatic heterocycles. The zero-order chi connectivity index (χ0) is 12.2. The number of ether oxygens (including phenoxy) is 1. The number of aliphatic hydroxyl groups is 1. The van der Waals surface area contributed by atoms with Gasteiger partial charge in [0.25, 0.3) is 0 Å². The Hall–Kier alpha value is -0.810. The standard InChI is InChI=1S/C11H22N2O3/c1-11(2,3)16-10(15)13-9-4-5-12-6-8(9)7-14/h8-9,12,14H,4-7H2,1-3H3,(H,13,15). The number of aliphatic hydroxyl groups excluding tert-OH is 1. The molecule has 3 N–H and O–H groups in total. The van der Waals surface area contributed by atoms with E-state index in [1.165, 1.54) is 0 Å². The third kappa shape index (κ3) is 4.37. The summed E-state index contributed by atoms with van der Waals surface area (Å²) in [6, 6.07) is 0.00102. The SMILES string of the molecule is CC(C)(C)OC(=O)NC1CCNCC1CO. The third-order valence-corrected chi connectivity index (χ3v) is 2.54. The van der Waals surface area contributed by atoms with Crippen LogP contribution < -0.4 is 10.6 Å². The van der Waals surface area contributed by atoms with Crippen molar-refractivity contribution in [2.75, 3.05) is 19.7 Å². The molecule has 0 radical (unpaired) electrons. The molecule has 5 heteroatoms. The van der Waals surface area contributed by atoms with Crippen LogP contribution in [0.2, 0.25) is 0 Å². The van der Waals surface area contributed by atoms with E-state index in [1.54, 1.807) is 0 Å². The Labute approximate surface area is 96.6 Å². The molecule has 5 nitrogen and oxygen atoms in total. The molecule has 1 fully saturated rings. The van der Waals surface area contributed by atoms with Gasteiger partial charge in [0.15, 0.2) is 0 Å². The molecular formula is C11H22N2O3. The summed E-state index contributed by atoms with van der Waals surface area (Å²) in [5, 5.41) is 15.2. The maximum Gasteiger partial charge on any atom is 0.407 e. The lowest BCUT2D eigenvalue weighted by molar-refractivity contribution is 0.0454. The van der Waals surface area contributed by atoms with Crippen molar-refractivity contribution in [2.24, 2.45) is 5.92 Å². The Morgan fingerprint density at radius 3 is 2.81 bits per heavy atom. The second-order valence-corrected chi connectivity index (χ2v) is 5.19. The third-order valence-electron chi connectivity index (χ3n) is 2.54. The smallest absolute Gasteiger partial charge is 0.407 e. The van der Waals surface area contributed by atoms with Gasteiger partial charge in [-0.25, -0.2) is 4.79 Å². The molecular weight excluding hydrogens is 208 g/mol. The van der Waals surface area contributed by atoms with Crippen molar-refractivity contribution in [3.8, 4) is 0 Å². The van der Waals surface area contributed by atoms with Crippen LogP contribution in [0.15, 0.2) is 0 Å². The topological polar surface area (TPSA) is 70.6 Å². The largest absolute Gasteiger partial charge is 0.444 e. The van der Waals surface area contributed by atoms with Crippen LogP contribution in [0.25, 0.3) is 0 Å². The molecule has 1 rings (SSSR count). The zero-order valence-electron chi connectivity index (χ0n) is 10.2. The van der Waals surface area contributed by atoms with Gasteiger partial charge in [-0.05, 0) is 33.7 Å². The first-order valence-electron chi connectivity index (χ1n) is 5.73. The van der Waals surface area contributed by atoms with Crippen molar-refractivity contribution in [1.29, 1.82) is 0 Å². The molecule has 0 bridgehead atoms. The van der Waals surface area contributed by atoms with Gasteiger partial charge in [0.1, 0.15) is 5.60 Å². The van der Waals surface area contributed by atoms with E-state index in [0.29, 0.717) is 0 Å². The van der Waals surface area contributed by atoms with E-state index in [0.717, 1.165) is 19.5 Å². The number of rotatable bonds is 2. The zero-order valence-corrected chi connectivity index (χ0v) is 10.2. The molecule has 16 heavy (non-hydrogen) atoms. The molecule has 1 amide bonds. The molecule has 0 aromatic rings. The highest BCUT2D eigenvalue weighted by Gasteiger charge is 2.27. The number of hydrogen-bond acceptors (Lipinski definition) is 4. The highest BCUT2D eigenvalue weighted by Crippen LogP contribution is 2.12. The Bertz CT molecular complexity index is 238. The van der Waals surface area contributed by atoms with Gasteiger partial charge < -0.3 is 20.5 Å². The summed E-state index contributed by atoms with van der Waals surface area (Å²) in [5.41, 5.74) is -0.480. The van der Waals surface area contributed by atoms with E-state index in [-0.39, 0.29) is 18.6 Å². The fraction of sp³-hybridized carbons (Fsp3) is 0.909. The number of piperidine rings is 1. The minimum Gasteiger partial charge on any atom is -0.444 e. The quantitative estimate of drug-likeness (QED) is 0.645. The second kappa shape index (κ2) is 5.50. The first kappa shape index (κ1) is 13.3. The molecule has 1 aliphatic heterocycles. The van der Waals surface area contributed by atoms with E-state index >= 15 is 0 Å². The molecule has 1 heterocycles. The molecule has 0 spiro atoms. The lowest BCUT2D eigenvalue weighted by atomic mass is 9.94. The first-order valence-corrected chi connectivity index (χ1v) is 5.73. The highest BCUT2D eigenvalue weighted by atomic mass is 16.6. The van der Waals surface area contributed by atoms with Gasteiger partial charge in [-0.1, -0.05) is 0 Å². The predicted molar refractivity (Wildman–Crippen MR) is 61.2 cm³/mol. The van der Waals surface area contributed by atoms with Crippen molar-refractivity contribution in [3.05, 3.63) is 0 Å². The van der Waals surface area contributed by atoms with Crippen molar-refractivity contribution >= 4 is 6.09 Å². The maximum absolute atomic E-state index is 11.6. The minimum absolute atomic E-state index is 0.00102. The molecule has 0 aromatic carbocycles. The van der Waals surface area contributed by atoms with Crippen LogP contribution in [0, 0.1) is 5.92 Å². The van der Waals surface area contributed by atoms with E-state index in [9.17, 15) is 9.90 Å². The second-order valence-electron chi connectivity index (χ2n) is 5.19. The molecule has 0 saturated carbocycles. The summed E-state index contributed by atoms with van der Waals surface area (Å²) in [7, 11) is 0. The van der Waals surface area contributed by atoms with Gasteiger partial charge in [0, 0.05) is 25.1 Å². The van der Waals surface area contributed by atoms with Crippen LogP contribution in [-0.2, 0) is 4.74 Å². The summed E-state index contributed by atoms with van der Waals surface area (Å²) in [5.74, 6) is 0.0706. The predicted octanol–water partition coefficient (Wildman–Crippen LogP) is 0.481. The Balaban J connectivity index is 2.42. The summed E-state index contributed by atoms with van der Waals surface area (Å²) in [6.07, 6.45) is 0.419. The summed E-state index contributed by atoms with van der Waals surface area (Å²) in [4.78, 5) is 11.6. The Morgan fingerprint density at radius 2 is 2.25 bits per heavy atom. The lowest BCUT2D eigenvalue weighted by Gasteiger charge is -2.32. The monoisotopic (exact) mass is 230 g/mol. The van der Waals surface area contributed by atoms with Gasteiger partial charge in [-0.3, -0.25) is 0 Å². The molecule has 2 unspecified atom stereocenters. The fourth-order valence-electron chi connectivity index (χ4n) is 1.76.